The number of anilines is 4. The number of hydrogen-bond donors (Lipinski definition) is 2. The molecule has 0 bridgehead atoms. The Morgan fingerprint density at radius 2 is 1.17 bits per heavy atom. The summed E-state index contributed by atoms with van der Waals surface area (Å²) in [6.07, 6.45) is 0. The van der Waals surface area contributed by atoms with Crippen LogP contribution in [0.1, 0.15) is 43.0 Å². The highest BCUT2D eigenvalue weighted by molar-refractivity contribution is 6.32. The van der Waals surface area contributed by atoms with Gasteiger partial charge in [0.15, 0.2) is 11.6 Å². The summed E-state index contributed by atoms with van der Waals surface area (Å²) in [6, 6.07) is 25.7. The summed E-state index contributed by atoms with van der Waals surface area (Å²) >= 11 is 0. The van der Waals surface area contributed by atoms with Crippen molar-refractivity contribution in [3.05, 3.63) is 118 Å². The Bertz CT molecular complexity index is 1440. The molecule has 35 heavy (non-hydrogen) atoms. The highest BCUT2D eigenvalue weighted by atomic mass is 16.5. The smallest absolute Gasteiger partial charge is 0.293 e. The summed E-state index contributed by atoms with van der Waals surface area (Å²) in [5.41, 5.74) is 6.10. The third kappa shape index (κ3) is 4.29. The number of carbonyl (C=O) groups is 3. The fourth-order valence-electron chi connectivity index (χ4n) is 4.19. The molecule has 0 unspecified atom stereocenters. The first kappa shape index (κ1) is 22.1. The molecule has 0 atom stereocenters. The van der Waals surface area contributed by atoms with Crippen molar-refractivity contribution >= 4 is 40.8 Å². The minimum absolute atomic E-state index is 0.183. The maximum atomic E-state index is 13.6. The van der Waals surface area contributed by atoms with Gasteiger partial charge in [-0.3, -0.25) is 14.4 Å². The molecule has 2 N–H and O–H groups in total. The highest BCUT2D eigenvalue weighted by Crippen LogP contribution is 2.38. The molecule has 0 aliphatic heterocycles. The number of hydrogen-bond acceptors (Lipinski definition) is 6. The van der Waals surface area contributed by atoms with Gasteiger partial charge in [-0.1, -0.05) is 54.1 Å². The molecule has 0 saturated carbocycles. The van der Waals surface area contributed by atoms with Gasteiger partial charge in [0.05, 0.1) is 22.5 Å². The molecule has 1 aliphatic rings. The van der Waals surface area contributed by atoms with Gasteiger partial charge in [0.25, 0.3) is 6.47 Å². The van der Waals surface area contributed by atoms with Gasteiger partial charge in [-0.15, -0.1) is 0 Å². The monoisotopic (exact) mass is 462 g/mol. The fourth-order valence-corrected chi connectivity index (χ4v) is 4.19. The molecule has 0 spiro atoms. The summed E-state index contributed by atoms with van der Waals surface area (Å²) in [5, 5.41) is 6.60. The molecule has 0 saturated heterocycles. The van der Waals surface area contributed by atoms with Crippen molar-refractivity contribution in [3.8, 4) is 0 Å². The SMILES string of the molecule is Cc1ccc(Nc2ccc(Nc3ccc(COC=O)cc3)c3c2C(=O)c2ccccc2C3=O)cc1. The van der Waals surface area contributed by atoms with Crippen molar-refractivity contribution in [3.63, 3.8) is 0 Å². The number of fused-ring (bicyclic) bond motifs is 2. The van der Waals surface area contributed by atoms with E-state index >= 15 is 0 Å². The minimum Gasteiger partial charge on any atom is -0.463 e. The van der Waals surface area contributed by atoms with E-state index in [1.54, 1.807) is 30.3 Å². The molecule has 4 aromatic rings. The lowest BCUT2D eigenvalue weighted by Gasteiger charge is -2.24. The Hall–Kier alpha value is -4.71. The predicted molar refractivity (Wildman–Crippen MR) is 135 cm³/mol. The number of ether oxygens (including phenoxy) is 1. The van der Waals surface area contributed by atoms with Crippen LogP contribution in [-0.2, 0) is 16.1 Å². The lowest BCUT2D eigenvalue weighted by Crippen LogP contribution is -2.23. The summed E-state index contributed by atoms with van der Waals surface area (Å²) < 4.78 is 4.79. The van der Waals surface area contributed by atoms with Crippen molar-refractivity contribution in [2.24, 2.45) is 0 Å². The molecular formula is C29H22N2O4. The molecule has 1 aliphatic carbocycles. The largest absolute Gasteiger partial charge is 0.463 e. The Balaban J connectivity index is 1.57. The van der Waals surface area contributed by atoms with E-state index < -0.39 is 0 Å². The minimum atomic E-state index is -0.207. The van der Waals surface area contributed by atoms with E-state index in [2.05, 4.69) is 10.6 Å². The number of carbonyl (C=O) groups excluding carboxylic acids is 3. The van der Waals surface area contributed by atoms with E-state index in [9.17, 15) is 14.4 Å². The van der Waals surface area contributed by atoms with Crippen molar-refractivity contribution in [2.45, 2.75) is 13.5 Å². The number of benzene rings is 4. The average molecular weight is 463 g/mol. The van der Waals surface area contributed by atoms with Crippen LogP contribution in [0.15, 0.2) is 84.9 Å². The summed E-state index contributed by atoms with van der Waals surface area (Å²) in [7, 11) is 0. The lowest BCUT2D eigenvalue weighted by molar-refractivity contribution is -0.129. The molecule has 6 heteroatoms. The van der Waals surface area contributed by atoms with Crippen molar-refractivity contribution in [1.29, 1.82) is 0 Å². The van der Waals surface area contributed by atoms with Crippen LogP contribution in [-0.4, -0.2) is 18.0 Å². The first-order valence-electron chi connectivity index (χ1n) is 11.2. The van der Waals surface area contributed by atoms with Gasteiger partial charge in [-0.2, -0.15) is 0 Å². The summed E-state index contributed by atoms with van der Waals surface area (Å²) in [5.74, 6) is -0.406. The highest BCUT2D eigenvalue weighted by Gasteiger charge is 2.34. The number of ketones is 2. The van der Waals surface area contributed by atoms with E-state index in [-0.39, 0.29) is 18.2 Å². The van der Waals surface area contributed by atoms with Crippen LogP contribution in [0.5, 0.6) is 0 Å². The molecule has 0 amide bonds. The van der Waals surface area contributed by atoms with Gasteiger partial charge in [0.1, 0.15) is 6.61 Å². The van der Waals surface area contributed by atoms with E-state index in [0.29, 0.717) is 40.1 Å². The molecule has 5 rings (SSSR count). The van der Waals surface area contributed by atoms with Gasteiger partial charge in [-0.25, -0.2) is 0 Å². The number of aryl methyl sites for hydroxylation is 1. The van der Waals surface area contributed by atoms with Crippen LogP contribution in [0.3, 0.4) is 0 Å². The van der Waals surface area contributed by atoms with Gasteiger partial charge in [0, 0.05) is 22.5 Å². The van der Waals surface area contributed by atoms with Crippen LogP contribution in [0.25, 0.3) is 0 Å². The molecule has 0 heterocycles. The number of rotatable bonds is 7. The normalized spacial score (nSPS) is 11.9. The summed E-state index contributed by atoms with van der Waals surface area (Å²) in [4.78, 5) is 37.6. The fraction of sp³-hybridized carbons (Fsp3) is 0.0690. The maximum absolute atomic E-state index is 13.6. The first-order valence-corrected chi connectivity index (χ1v) is 11.2. The van der Waals surface area contributed by atoms with Crippen LogP contribution >= 0.6 is 0 Å². The molecule has 6 nitrogen and oxygen atoms in total. The first-order chi connectivity index (χ1) is 17.0. The van der Waals surface area contributed by atoms with Crippen LogP contribution in [0.2, 0.25) is 0 Å². The van der Waals surface area contributed by atoms with Crippen molar-refractivity contribution < 1.29 is 19.1 Å². The topological polar surface area (TPSA) is 84.5 Å². The third-order valence-corrected chi connectivity index (χ3v) is 5.96. The van der Waals surface area contributed by atoms with E-state index in [4.69, 9.17) is 4.74 Å². The Kier molecular flexibility index (Phi) is 5.85. The standard InChI is InChI=1S/C29H22N2O4/c1-18-6-10-20(11-7-18)30-24-14-15-25(31-21-12-8-19(9-13-21)16-35-17-32)27-26(24)28(33)22-4-2-3-5-23(22)29(27)34/h2-15,17,30-31H,16H2,1H3. The van der Waals surface area contributed by atoms with Gasteiger partial charge >= 0.3 is 0 Å². The predicted octanol–water partition coefficient (Wildman–Crippen LogP) is 5.93. The molecular weight excluding hydrogens is 440 g/mol. The Labute approximate surface area is 202 Å². The average Bonchev–Trinajstić information content (AvgIpc) is 2.89. The second-order valence-corrected chi connectivity index (χ2v) is 8.33. The molecule has 4 aromatic carbocycles. The van der Waals surface area contributed by atoms with Crippen molar-refractivity contribution in [1.82, 2.24) is 0 Å². The van der Waals surface area contributed by atoms with Gasteiger partial charge in [-0.05, 0) is 48.9 Å². The third-order valence-electron chi connectivity index (χ3n) is 5.96. The zero-order chi connectivity index (χ0) is 24.4. The van der Waals surface area contributed by atoms with E-state index in [1.165, 1.54) is 0 Å². The zero-order valence-electron chi connectivity index (χ0n) is 19.0. The molecule has 0 radical (unpaired) electrons. The van der Waals surface area contributed by atoms with Crippen LogP contribution in [0, 0.1) is 6.92 Å². The van der Waals surface area contributed by atoms with E-state index in [1.807, 2.05) is 61.5 Å². The molecule has 0 aromatic heterocycles. The van der Waals surface area contributed by atoms with Crippen LogP contribution < -0.4 is 10.6 Å². The van der Waals surface area contributed by atoms with Crippen molar-refractivity contribution in [2.75, 3.05) is 10.6 Å². The zero-order valence-corrected chi connectivity index (χ0v) is 19.0. The maximum Gasteiger partial charge on any atom is 0.293 e. The second-order valence-electron chi connectivity index (χ2n) is 8.33. The second kappa shape index (κ2) is 9.27. The van der Waals surface area contributed by atoms with E-state index in [0.717, 1.165) is 22.5 Å². The Morgan fingerprint density at radius 3 is 1.66 bits per heavy atom. The van der Waals surface area contributed by atoms with Gasteiger partial charge in [0.2, 0.25) is 0 Å². The number of nitrogens with one attached hydrogen (secondary N) is 2. The Morgan fingerprint density at radius 1 is 0.686 bits per heavy atom. The molecule has 0 fully saturated rings. The van der Waals surface area contributed by atoms with Crippen LogP contribution in [0.4, 0.5) is 22.7 Å². The quantitative estimate of drug-likeness (QED) is 0.292. The lowest BCUT2D eigenvalue weighted by atomic mass is 9.82. The molecule has 172 valence electrons. The summed E-state index contributed by atoms with van der Waals surface area (Å²) in [6.45, 7) is 2.60. The van der Waals surface area contributed by atoms with Gasteiger partial charge < -0.3 is 15.4 Å².